The van der Waals surface area contributed by atoms with Crippen LogP contribution in [-0.2, 0) is 4.79 Å². The van der Waals surface area contributed by atoms with Gasteiger partial charge in [0.2, 0.25) is 0 Å². The van der Waals surface area contributed by atoms with Crippen LogP contribution in [0.5, 0.6) is 11.8 Å². The van der Waals surface area contributed by atoms with E-state index in [4.69, 9.17) is 27.9 Å². The summed E-state index contributed by atoms with van der Waals surface area (Å²) in [4.78, 5) is 32.6. The number of carbonyl (C=O) groups is 2. The van der Waals surface area contributed by atoms with Crippen molar-refractivity contribution in [2.75, 3.05) is 0 Å². The summed E-state index contributed by atoms with van der Waals surface area (Å²) in [6.07, 6.45) is 3.48. The lowest BCUT2D eigenvalue weighted by atomic mass is 10.1. The molecular weight excluding hydrogens is 465 g/mol. The highest BCUT2D eigenvalue weighted by Gasteiger charge is 2.22. The summed E-state index contributed by atoms with van der Waals surface area (Å²) >= 11 is 12.1. The number of hydrogen-bond donors (Lipinski definition) is 2. The summed E-state index contributed by atoms with van der Waals surface area (Å²) in [6.45, 7) is 3.73. The van der Waals surface area contributed by atoms with Gasteiger partial charge in [-0.1, -0.05) is 53.6 Å². The highest BCUT2D eigenvalue weighted by atomic mass is 35.5. The molecule has 0 bridgehead atoms. The van der Waals surface area contributed by atoms with E-state index < -0.39 is 17.9 Å². The Balaban J connectivity index is 1.62. The normalized spacial score (nSPS) is 11.9. The highest BCUT2D eigenvalue weighted by molar-refractivity contribution is 6.39. The monoisotopic (exact) mass is 485 g/mol. The van der Waals surface area contributed by atoms with Crippen molar-refractivity contribution in [2.24, 2.45) is 0 Å². The number of nitrogens with one attached hydrogen (secondary N) is 1. The van der Waals surface area contributed by atoms with Crippen LogP contribution in [0.15, 0.2) is 54.6 Å². The predicted molar refractivity (Wildman–Crippen MR) is 127 cm³/mol. The molecule has 2 aromatic carbocycles. The summed E-state index contributed by atoms with van der Waals surface area (Å²) < 4.78 is 5.68. The zero-order valence-corrected chi connectivity index (χ0v) is 19.4. The molecular formula is C24H21Cl2N3O4. The molecule has 1 atom stereocenters. The van der Waals surface area contributed by atoms with Crippen LogP contribution in [0.1, 0.15) is 33.7 Å². The average molecular weight is 486 g/mol. The molecule has 0 aliphatic heterocycles. The van der Waals surface area contributed by atoms with Gasteiger partial charge in [0.05, 0.1) is 15.6 Å². The van der Waals surface area contributed by atoms with Gasteiger partial charge in [0, 0.05) is 11.4 Å². The van der Waals surface area contributed by atoms with Crippen molar-refractivity contribution in [1.29, 1.82) is 0 Å². The highest BCUT2D eigenvalue weighted by Crippen LogP contribution is 2.24. The number of hydrogen-bond acceptors (Lipinski definition) is 5. The van der Waals surface area contributed by atoms with Gasteiger partial charge in [0.25, 0.3) is 5.91 Å². The molecule has 1 aromatic heterocycles. The third-order valence-electron chi connectivity index (χ3n) is 4.53. The van der Waals surface area contributed by atoms with Gasteiger partial charge >= 0.3 is 12.0 Å². The van der Waals surface area contributed by atoms with Crippen LogP contribution in [-0.4, -0.2) is 33.0 Å². The van der Waals surface area contributed by atoms with Gasteiger partial charge in [-0.25, -0.2) is 14.8 Å². The molecule has 33 heavy (non-hydrogen) atoms. The minimum atomic E-state index is -1.17. The smallest absolute Gasteiger partial charge is 0.326 e. The van der Waals surface area contributed by atoms with E-state index in [2.05, 4.69) is 15.3 Å². The Labute approximate surface area is 201 Å². The Hall–Kier alpha value is -3.42. The second-order valence-electron chi connectivity index (χ2n) is 7.20. The molecule has 7 nitrogen and oxygen atoms in total. The number of halogens is 2. The first kappa shape index (κ1) is 24.2. The number of amides is 1. The summed E-state index contributed by atoms with van der Waals surface area (Å²) in [5.74, 6) is -1.25. The summed E-state index contributed by atoms with van der Waals surface area (Å²) in [5, 5.41) is 12.2. The zero-order chi connectivity index (χ0) is 24.0. The number of carboxylic acids is 1. The molecule has 3 aromatic rings. The number of carbonyl (C=O) groups excluding carboxylic acids is 1. The Morgan fingerprint density at radius 2 is 1.67 bits per heavy atom. The summed E-state index contributed by atoms with van der Waals surface area (Å²) in [5.41, 5.74) is 2.50. The van der Waals surface area contributed by atoms with Crippen molar-refractivity contribution in [3.63, 3.8) is 0 Å². The van der Waals surface area contributed by atoms with Gasteiger partial charge < -0.3 is 15.2 Å². The SMILES string of the molecule is Cc1cc(C)nc(Oc2ccc(C=CCC(NC(=O)c3c(Cl)cccc3Cl)C(=O)O)cc2)n1. The van der Waals surface area contributed by atoms with Gasteiger partial charge in [-0.3, -0.25) is 4.79 Å². The molecule has 0 fully saturated rings. The Bertz CT molecular complexity index is 1160. The van der Waals surface area contributed by atoms with E-state index >= 15 is 0 Å². The van der Waals surface area contributed by atoms with Gasteiger partial charge in [-0.15, -0.1) is 0 Å². The van der Waals surface area contributed by atoms with E-state index in [-0.39, 0.29) is 28.0 Å². The molecule has 3 rings (SSSR count). The third-order valence-corrected chi connectivity index (χ3v) is 5.16. The standard InChI is InChI=1S/C24H21Cl2N3O4/c1-14-13-15(2)28-24(27-14)33-17-11-9-16(10-12-17)5-3-8-20(23(31)32)29-22(30)21-18(25)6-4-7-19(21)26/h3-7,9-13,20H,8H2,1-2H3,(H,29,30)(H,31,32). The number of aryl methyl sites for hydroxylation is 2. The van der Waals surface area contributed by atoms with E-state index in [1.54, 1.807) is 30.4 Å². The van der Waals surface area contributed by atoms with Crippen molar-refractivity contribution in [3.8, 4) is 11.8 Å². The maximum atomic E-state index is 12.5. The van der Waals surface area contributed by atoms with E-state index in [1.165, 1.54) is 12.1 Å². The minimum Gasteiger partial charge on any atom is -0.480 e. The lowest BCUT2D eigenvalue weighted by molar-refractivity contribution is -0.139. The number of rotatable bonds is 8. The molecule has 0 aliphatic carbocycles. The van der Waals surface area contributed by atoms with Crippen LogP contribution in [0.4, 0.5) is 0 Å². The number of nitrogens with zero attached hydrogens (tertiary/aromatic N) is 2. The van der Waals surface area contributed by atoms with Crippen molar-refractivity contribution in [2.45, 2.75) is 26.3 Å². The van der Waals surface area contributed by atoms with Crippen LogP contribution >= 0.6 is 23.2 Å². The Morgan fingerprint density at radius 1 is 1.06 bits per heavy atom. The molecule has 0 spiro atoms. The lowest BCUT2D eigenvalue weighted by Crippen LogP contribution is -2.40. The lowest BCUT2D eigenvalue weighted by Gasteiger charge is -2.14. The molecule has 0 aliphatic rings. The number of aliphatic carboxylic acids is 1. The van der Waals surface area contributed by atoms with Crippen molar-refractivity contribution < 1.29 is 19.4 Å². The molecule has 9 heteroatoms. The first-order valence-electron chi connectivity index (χ1n) is 9.97. The number of ether oxygens (including phenoxy) is 1. The third kappa shape index (κ3) is 6.78. The molecule has 0 saturated carbocycles. The quantitative estimate of drug-likeness (QED) is 0.437. The average Bonchev–Trinajstić information content (AvgIpc) is 2.73. The van der Waals surface area contributed by atoms with Gasteiger partial charge in [0.1, 0.15) is 11.8 Å². The van der Waals surface area contributed by atoms with E-state index in [0.29, 0.717) is 5.75 Å². The van der Waals surface area contributed by atoms with Crippen LogP contribution in [0.25, 0.3) is 6.08 Å². The number of carboxylic acid groups (broad SMARTS) is 1. The second kappa shape index (κ2) is 10.9. The second-order valence-corrected chi connectivity index (χ2v) is 8.02. The maximum absolute atomic E-state index is 12.5. The fourth-order valence-electron chi connectivity index (χ4n) is 3.00. The summed E-state index contributed by atoms with van der Waals surface area (Å²) in [7, 11) is 0. The van der Waals surface area contributed by atoms with Gasteiger partial charge in [-0.05, 0) is 56.2 Å². The first-order valence-corrected chi connectivity index (χ1v) is 10.7. The minimum absolute atomic E-state index is 0.0411. The fourth-order valence-corrected chi connectivity index (χ4v) is 3.57. The van der Waals surface area contributed by atoms with Gasteiger partial charge in [0.15, 0.2) is 0 Å². The molecule has 0 saturated heterocycles. The van der Waals surface area contributed by atoms with Crippen molar-refractivity contribution in [1.82, 2.24) is 15.3 Å². The Morgan fingerprint density at radius 3 is 2.24 bits per heavy atom. The van der Waals surface area contributed by atoms with E-state index in [0.717, 1.165) is 17.0 Å². The summed E-state index contributed by atoms with van der Waals surface area (Å²) in [6, 6.07) is 12.8. The van der Waals surface area contributed by atoms with E-state index in [1.807, 2.05) is 32.0 Å². The van der Waals surface area contributed by atoms with Crippen molar-refractivity contribution in [3.05, 3.63) is 87.2 Å². The van der Waals surface area contributed by atoms with Crippen LogP contribution < -0.4 is 10.1 Å². The topological polar surface area (TPSA) is 101 Å². The first-order chi connectivity index (χ1) is 15.7. The molecule has 1 unspecified atom stereocenters. The maximum Gasteiger partial charge on any atom is 0.326 e. The predicted octanol–water partition coefficient (Wildman–Crippen LogP) is 5.48. The number of benzene rings is 2. The molecule has 170 valence electrons. The number of aromatic nitrogens is 2. The van der Waals surface area contributed by atoms with E-state index in [9.17, 15) is 14.7 Å². The molecule has 1 heterocycles. The van der Waals surface area contributed by atoms with Crippen molar-refractivity contribution >= 4 is 41.2 Å². The largest absolute Gasteiger partial charge is 0.480 e. The molecule has 0 radical (unpaired) electrons. The van der Waals surface area contributed by atoms with Crippen LogP contribution in [0, 0.1) is 13.8 Å². The molecule has 1 amide bonds. The van der Waals surface area contributed by atoms with Crippen LogP contribution in [0.3, 0.4) is 0 Å². The fraction of sp³-hybridized carbons (Fsp3) is 0.167. The van der Waals surface area contributed by atoms with Gasteiger partial charge in [-0.2, -0.15) is 0 Å². The van der Waals surface area contributed by atoms with Crippen LogP contribution in [0.2, 0.25) is 10.0 Å². The zero-order valence-electron chi connectivity index (χ0n) is 17.9. The Kier molecular flexibility index (Phi) is 8.03. The molecule has 2 N–H and O–H groups in total.